The van der Waals surface area contributed by atoms with E-state index in [9.17, 15) is 9.90 Å². The molecule has 2 rings (SSSR count). The van der Waals surface area contributed by atoms with E-state index in [4.69, 9.17) is 11.6 Å². The van der Waals surface area contributed by atoms with Crippen LogP contribution in [0.25, 0.3) is 5.57 Å². The number of β-amino-alcohol motifs (C(OH)–C–C–N with tert-alkyl or cyclic N) is 1. The fourth-order valence-corrected chi connectivity index (χ4v) is 4.05. The van der Waals surface area contributed by atoms with Crippen molar-refractivity contribution >= 4 is 23.1 Å². The molecule has 1 N–H and O–H groups in total. The number of benzene rings is 1. The molecule has 1 heterocycles. The molecule has 4 heteroatoms. The molecular formula is C33H46ClNO2. The Bertz CT molecular complexity index is 1070. The van der Waals surface area contributed by atoms with E-state index in [1.54, 1.807) is 23.1 Å². The van der Waals surface area contributed by atoms with Crippen LogP contribution in [0.4, 0.5) is 0 Å². The Morgan fingerprint density at radius 2 is 1.84 bits per heavy atom. The Morgan fingerprint density at radius 1 is 1.19 bits per heavy atom. The van der Waals surface area contributed by atoms with Gasteiger partial charge in [-0.05, 0) is 72.6 Å². The van der Waals surface area contributed by atoms with Crippen molar-refractivity contribution < 1.29 is 9.90 Å². The van der Waals surface area contributed by atoms with Crippen LogP contribution in [-0.2, 0) is 0 Å². The zero-order valence-electron chi connectivity index (χ0n) is 23.9. The average Bonchev–Trinajstić information content (AvgIpc) is 2.84. The summed E-state index contributed by atoms with van der Waals surface area (Å²) in [5.41, 5.74) is 5.27. The minimum Gasteiger partial charge on any atom is -0.391 e. The zero-order chi connectivity index (χ0) is 28.2. The maximum atomic E-state index is 12.9. The highest BCUT2D eigenvalue weighted by Gasteiger charge is 2.23. The van der Waals surface area contributed by atoms with Crippen LogP contribution in [0, 0.1) is 5.41 Å². The molecule has 1 atom stereocenters. The largest absolute Gasteiger partial charge is 0.391 e. The molecule has 0 aliphatic carbocycles. The SMILES string of the molecule is C=C\C(=C/C(=C\C)C(/C=C\C)=C/C(=C)C(C)(C)C)c1ccc(C(=O)N2CCCC(O)C2)cc1Cl.CCC. The Hall–Kier alpha value is -2.62. The molecule has 1 fully saturated rings. The van der Waals surface area contributed by atoms with Crippen LogP contribution >= 0.6 is 11.6 Å². The van der Waals surface area contributed by atoms with Crippen molar-refractivity contribution in [2.24, 2.45) is 5.41 Å². The number of carbonyl (C=O) groups excluding carboxylic acids is 1. The van der Waals surface area contributed by atoms with Crippen LogP contribution in [0.2, 0.25) is 5.02 Å². The molecule has 0 spiro atoms. The first kappa shape index (κ1) is 32.4. The highest BCUT2D eigenvalue weighted by atomic mass is 35.5. The van der Waals surface area contributed by atoms with Crippen LogP contribution in [0.1, 0.15) is 83.7 Å². The molecular weight excluding hydrogens is 478 g/mol. The summed E-state index contributed by atoms with van der Waals surface area (Å²) >= 11 is 6.66. The first-order chi connectivity index (χ1) is 17.4. The third kappa shape index (κ3) is 9.98. The maximum Gasteiger partial charge on any atom is 0.253 e. The summed E-state index contributed by atoms with van der Waals surface area (Å²) in [7, 11) is 0. The van der Waals surface area contributed by atoms with Crippen molar-refractivity contribution in [1.29, 1.82) is 0 Å². The number of piperidine rings is 1. The van der Waals surface area contributed by atoms with E-state index in [2.05, 4.69) is 72.1 Å². The standard InChI is InChI=1S/C30H38ClNO2.C3H8/c1-8-12-24(17-21(4)30(5,6)7)22(9-2)18-23(10-3)27-15-14-25(19-28(27)31)29(34)32-16-11-13-26(33)20-32;1-3-2/h8-10,12,14-15,17-19,26,33H,3-4,11,13,16,20H2,1-2,5-7H3;3H2,1-2H3/b12-8-,22-9+,23-18+,24-17+;. The number of allylic oxidation sites excluding steroid dienone is 10. The molecule has 1 aliphatic rings. The number of hydrogen-bond acceptors (Lipinski definition) is 2. The number of aliphatic hydroxyl groups is 1. The number of nitrogens with zero attached hydrogens (tertiary/aromatic N) is 1. The van der Waals surface area contributed by atoms with Gasteiger partial charge in [-0.2, -0.15) is 0 Å². The molecule has 1 aromatic carbocycles. The lowest BCUT2D eigenvalue weighted by atomic mass is 9.85. The number of aliphatic hydroxyl groups excluding tert-OH is 1. The highest BCUT2D eigenvalue weighted by Crippen LogP contribution is 2.31. The van der Waals surface area contributed by atoms with Crippen molar-refractivity contribution in [2.75, 3.05) is 13.1 Å². The third-order valence-corrected chi connectivity index (χ3v) is 6.34. The van der Waals surface area contributed by atoms with E-state index in [1.165, 1.54) is 6.42 Å². The van der Waals surface area contributed by atoms with E-state index in [-0.39, 0.29) is 11.3 Å². The van der Waals surface area contributed by atoms with Crippen molar-refractivity contribution in [2.45, 2.75) is 73.8 Å². The van der Waals surface area contributed by atoms with E-state index in [1.807, 2.05) is 26.0 Å². The monoisotopic (exact) mass is 523 g/mol. The topological polar surface area (TPSA) is 40.5 Å². The summed E-state index contributed by atoms with van der Waals surface area (Å²) in [4.78, 5) is 14.6. The Kier molecular flexibility index (Phi) is 13.7. The second-order valence-corrected chi connectivity index (χ2v) is 10.8. The maximum absolute atomic E-state index is 12.9. The molecule has 0 radical (unpaired) electrons. The van der Waals surface area contributed by atoms with E-state index in [0.717, 1.165) is 40.7 Å². The van der Waals surface area contributed by atoms with Gasteiger partial charge in [0.15, 0.2) is 0 Å². The first-order valence-electron chi connectivity index (χ1n) is 13.2. The Labute approximate surface area is 230 Å². The van der Waals surface area contributed by atoms with Gasteiger partial charge in [0.25, 0.3) is 5.91 Å². The van der Waals surface area contributed by atoms with Gasteiger partial charge < -0.3 is 10.0 Å². The minimum absolute atomic E-state index is 0.0350. The summed E-state index contributed by atoms with van der Waals surface area (Å²) in [6, 6.07) is 5.36. The normalized spacial score (nSPS) is 17.4. The fraction of sp³-hybridized carbons (Fsp3) is 0.424. The predicted octanol–water partition coefficient (Wildman–Crippen LogP) is 8.97. The Balaban J connectivity index is 0.00000217. The summed E-state index contributed by atoms with van der Waals surface area (Å²) in [6.07, 6.45) is 14.4. The minimum atomic E-state index is -0.462. The quantitative estimate of drug-likeness (QED) is 0.362. The van der Waals surface area contributed by atoms with Crippen molar-refractivity contribution in [1.82, 2.24) is 4.90 Å². The molecule has 1 saturated heterocycles. The molecule has 37 heavy (non-hydrogen) atoms. The number of hydrogen-bond donors (Lipinski definition) is 1. The van der Waals surface area contributed by atoms with Gasteiger partial charge in [0.05, 0.1) is 6.10 Å². The number of halogens is 1. The molecule has 1 aliphatic heterocycles. The van der Waals surface area contributed by atoms with Gasteiger partial charge in [0, 0.05) is 29.2 Å². The van der Waals surface area contributed by atoms with Gasteiger partial charge >= 0.3 is 0 Å². The van der Waals surface area contributed by atoms with Crippen LogP contribution < -0.4 is 0 Å². The van der Waals surface area contributed by atoms with Crippen LogP contribution in [0.3, 0.4) is 0 Å². The van der Waals surface area contributed by atoms with Gasteiger partial charge in [-0.15, -0.1) is 0 Å². The third-order valence-electron chi connectivity index (χ3n) is 6.03. The van der Waals surface area contributed by atoms with Gasteiger partial charge in [0.1, 0.15) is 0 Å². The number of likely N-dealkylation sites (tertiary alicyclic amines) is 1. The summed E-state index contributed by atoms with van der Waals surface area (Å²) < 4.78 is 0. The first-order valence-corrected chi connectivity index (χ1v) is 13.6. The van der Waals surface area contributed by atoms with Gasteiger partial charge in [-0.3, -0.25) is 4.79 Å². The zero-order valence-corrected chi connectivity index (χ0v) is 24.7. The number of amides is 1. The lowest BCUT2D eigenvalue weighted by Crippen LogP contribution is -2.42. The smallest absolute Gasteiger partial charge is 0.253 e. The molecule has 0 aromatic heterocycles. The second-order valence-electron chi connectivity index (χ2n) is 10.4. The van der Waals surface area contributed by atoms with Gasteiger partial charge in [0.2, 0.25) is 0 Å². The Morgan fingerprint density at radius 3 is 2.32 bits per heavy atom. The van der Waals surface area contributed by atoms with Crippen LogP contribution in [-0.4, -0.2) is 35.1 Å². The number of carbonyl (C=O) groups is 1. The van der Waals surface area contributed by atoms with Crippen LogP contribution in [0.15, 0.2) is 84.5 Å². The lowest BCUT2D eigenvalue weighted by molar-refractivity contribution is 0.0474. The number of rotatable bonds is 7. The van der Waals surface area contributed by atoms with Crippen molar-refractivity contribution in [3.05, 3.63) is 101 Å². The van der Waals surface area contributed by atoms with Crippen molar-refractivity contribution in [3.63, 3.8) is 0 Å². The lowest BCUT2D eigenvalue weighted by Gasteiger charge is -2.30. The summed E-state index contributed by atoms with van der Waals surface area (Å²) in [5.74, 6) is -0.107. The van der Waals surface area contributed by atoms with Gasteiger partial charge in [-0.1, -0.05) is 102 Å². The highest BCUT2D eigenvalue weighted by molar-refractivity contribution is 6.33. The van der Waals surface area contributed by atoms with E-state index in [0.29, 0.717) is 23.7 Å². The van der Waals surface area contributed by atoms with E-state index < -0.39 is 6.10 Å². The molecule has 0 saturated carbocycles. The molecule has 3 nitrogen and oxygen atoms in total. The van der Waals surface area contributed by atoms with Crippen LogP contribution in [0.5, 0.6) is 0 Å². The summed E-state index contributed by atoms with van der Waals surface area (Å²) in [5, 5.41) is 10.4. The summed E-state index contributed by atoms with van der Waals surface area (Å²) in [6.45, 7) is 23.9. The van der Waals surface area contributed by atoms with Crippen molar-refractivity contribution in [3.8, 4) is 0 Å². The molecule has 1 aromatic rings. The predicted molar refractivity (Wildman–Crippen MR) is 162 cm³/mol. The molecule has 1 amide bonds. The fourth-order valence-electron chi connectivity index (χ4n) is 3.76. The molecule has 1 unspecified atom stereocenters. The second kappa shape index (κ2) is 15.6. The average molecular weight is 524 g/mol. The van der Waals surface area contributed by atoms with Gasteiger partial charge in [-0.25, -0.2) is 0 Å². The molecule has 0 bridgehead atoms. The van der Waals surface area contributed by atoms with E-state index >= 15 is 0 Å². The molecule has 202 valence electrons.